The molecule has 0 aliphatic heterocycles. The highest BCUT2D eigenvalue weighted by Crippen LogP contribution is 2.21. The molecule has 1 heterocycles. The number of pyridine rings is 1. The van der Waals surface area contributed by atoms with Gasteiger partial charge in [-0.1, -0.05) is 30.3 Å². The number of para-hydroxylation sites is 3. The van der Waals surface area contributed by atoms with Gasteiger partial charge in [0.25, 0.3) is 0 Å². The lowest BCUT2D eigenvalue weighted by atomic mass is 10.1. The van der Waals surface area contributed by atoms with Crippen molar-refractivity contribution in [2.75, 3.05) is 5.32 Å². The van der Waals surface area contributed by atoms with Crippen molar-refractivity contribution < 1.29 is 13.6 Å². The molecule has 0 saturated carbocycles. The van der Waals surface area contributed by atoms with E-state index in [4.69, 9.17) is 0 Å². The smallest absolute Gasteiger partial charge is 0.244 e. The minimum atomic E-state index is -0.849. The number of benzene rings is 3. The lowest BCUT2D eigenvalue weighted by molar-refractivity contribution is -0.116. The number of amides is 1. The van der Waals surface area contributed by atoms with Crippen LogP contribution in [0, 0.1) is 11.6 Å². The largest absolute Gasteiger partial charge is 0.331 e. The van der Waals surface area contributed by atoms with E-state index in [0.717, 1.165) is 12.1 Å². The Labute approximate surface area is 152 Å². The number of hydrogen-bond donors (Lipinski definition) is 1. The Morgan fingerprint density at radius 2 is 1.33 bits per heavy atom. The van der Waals surface area contributed by atoms with E-state index in [2.05, 4.69) is 5.32 Å². The molecule has 27 heavy (non-hydrogen) atoms. The lowest BCUT2D eigenvalue weighted by Gasteiger charge is -2.15. The first kappa shape index (κ1) is 16.9. The highest BCUT2D eigenvalue weighted by Gasteiger charge is 2.15. The first-order valence-electron chi connectivity index (χ1n) is 8.30. The van der Waals surface area contributed by atoms with Crippen LogP contribution in [0.3, 0.4) is 0 Å². The zero-order valence-electron chi connectivity index (χ0n) is 14.1. The molecular weight excluding hydrogens is 350 g/mol. The van der Waals surface area contributed by atoms with E-state index in [1.54, 1.807) is 53.1 Å². The van der Waals surface area contributed by atoms with Crippen LogP contribution in [0.4, 0.5) is 14.5 Å². The molecule has 0 aliphatic rings. The number of rotatable bonds is 3. The third-order valence-corrected chi connectivity index (χ3v) is 4.41. The SMILES string of the molecule is O=C(Cn1c2ccccc2c(=O)c2ccccc21)Nc1c(F)cccc1F. The van der Waals surface area contributed by atoms with Crippen molar-refractivity contribution in [3.8, 4) is 0 Å². The Balaban J connectivity index is 1.82. The second kappa shape index (κ2) is 6.64. The number of halogens is 2. The Morgan fingerprint density at radius 3 is 1.89 bits per heavy atom. The van der Waals surface area contributed by atoms with Crippen LogP contribution in [0.1, 0.15) is 0 Å². The van der Waals surface area contributed by atoms with Crippen molar-refractivity contribution in [1.82, 2.24) is 4.57 Å². The Hall–Kier alpha value is -3.54. The summed E-state index contributed by atoms with van der Waals surface area (Å²) in [5.74, 6) is -2.30. The highest BCUT2D eigenvalue weighted by atomic mass is 19.1. The molecule has 0 bridgehead atoms. The molecule has 4 nitrogen and oxygen atoms in total. The van der Waals surface area contributed by atoms with E-state index in [-0.39, 0.29) is 12.0 Å². The molecular formula is C21H14F2N2O2. The summed E-state index contributed by atoms with van der Waals surface area (Å²) in [6, 6.07) is 17.2. The number of carbonyl (C=O) groups is 1. The quantitative estimate of drug-likeness (QED) is 0.557. The molecule has 3 aromatic carbocycles. The van der Waals surface area contributed by atoms with Crippen molar-refractivity contribution in [2.24, 2.45) is 0 Å². The van der Waals surface area contributed by atoms with Gasteiger partial charge >= 0.3 is 0 Å². The molecule has 0 fully saturated rings. The summed E-state index contributed by atoms with van der Waals surface area (Å²) in [4.78, 5) is 25.2. The monoisotopic (exact) mass is 364 g/mol. The predicted molar refractivity (Wildman–Crippen MR) is 101 cm³/mol. The van der Waals surface area contributed by atoms with Crippen LogP contribution in [0.5, 0.6) is 0 Å². The summed E-state index contributed by atoms with van der Waals surface area (Å²) in [5.41, 5.74) is 0.533. The first-order chi connectivity index (χ1) is 13.1. The maximum Gasteiger partial charge on any atom is 0.244 e. The molecule has 4 rings (SSSR count). The van der Waals surface area contributed by atoms with E-state index < -0.39 is 23.2 Å². The summed E-state index contributed by atoms with van der Waals surface area (Å²) in [6.07, 6.45) is 0. The number of fused-ring (bicyclic) bond motifs is 2. The fraction of sp³-hybridized carbons (Fsp3) is 0.0476. The first-order valence-corrected chi connectivity index (χ1v) is 8.30. The van der Waals surface area contributed by atoms with Gasteiger partial charge in [-0.25, -0.2) is 8.78 Å². The Bertz CT molecular complexity index is 1170. The van der Waals surface area contributed by atoms with Gasteiger partial charge in [-0.3, -0.25) is 9.59 Å². The average molecular weight is 364 g/mol. The van der Waals surface area contributed by atoms with Gasteiger partial charge in [-0.05, 0) is 36.4 Å². The van der Waals surface area contributed by atoms with Gasteiger partial charge < -0.3 is 9.88 Å². The fourth-order valence-corrected chi connectivity index (χ4v) is 3.19. The van der Waals surface area contributed by atoms with Gasteiger partial charge in [-0.2, -0.15) is 0 Å². The van der Waals surface area contributed by atoms with Crippen molar-refractivity contribution in [3.05, 3.63) is 88.6 Å². The van der Waals surface area contributed by atoms with Crippen LogP contribution < -0.4 is 10.7 Å². The molecule has 0 unspecified atom stereocenters. The third kappa shape index (κ3) is 2.95. The molecule has 0 radical (unpaired) electrons. The zero-order valence-corrected chi connectivity index (χ0v) is 14.1. The van der Waals surface area contributed by atoms with Crippen LogP contribution in [-0.2, 0) is 11.3 Å². The maximum atomic E-state index is 13.8. The van der Waals surface area contributed by atoms with Crippen molar-refractivity contribution in [3.63, 3.8) is 0 Å². The summed E-state index contributed by atoms with van der Waals surface area (Å²) in [7, 11) is 0. The predicted octanol–water partition coefficient (Wildman–Crippen LogP) is 4.07. The van der Waals surface area contributed by atoms with Crippen LogP contribution in [0.25, 0.3) is 21.8 Å². The number of nitrogens with zero attached hydrogens (tertiary/aromatic N) is 1. The molecule has 1 N–H and O–H groups in total. The number of carbonyl (C=O) groups excluding carboxylic acids is 1. The van der Waals surface area contributed by atoms with E-state index in [1.165, 1.54) is 6.07 Å². The minimum absolute atomic E-state index is 0.127. The molecule has 0 saturated heterocycles. The topological polar surface area (TPSA) is 51.1 Å². The summed E-state index contributed by atoms with van der Waals surface area (Å²) >= 11 is 0. The highest BCUT2D eigenvalue weighted by molar-refractivity contribution is 5.97. The van der Waals surface area contributed by atoms with Crippen LogP contribution in [0.15, 0.2) is 71.5 Å². The maximum absolute atomic E-state index is 13.8. The second-order valence-electron chi connectivity index (χ2n) is 6.09. The number of aromatic nitrogens is 1. The van der Waals surface area contributed by atoms with Crippen molar-refractivity contribution in [2.45, 2.75) is 6.54 Å². The molecule has 4 aromatic rings. The number of anilines is 1. The van der Waals surface area contributed by atoms with E-state index in [9.17, 15) is 18.4 Å². The fourth-order valence-electron chi connectivity index (χ4n) is 3.19. The minimum Gasteiger partial charge on any atom is -0.331 e. The molecule has 1 aromatic heterocycles. The van der Waals surface area contributed by atoms with Gasteiger partial charge in [0.05, 0.1) is 11.0 Å². The van der Waals surface area contributed by atoms with Crippen molar-refractivity contribution in [1.29, 1.82) is 0 Å². The van der Waals surface area contributed by atoms with Gasteiger partial charge in [0.2, 0.25) is 5.91 Å². The molecule has 134 valence electrons. The Morgan fingerprint density at radius 1 is 0.815 bits per heavy atom. The number of nitrogens with one attached hydrogen (secondary N) is 1. The van der Waals surface area contributed by atoms with Crippen LogP contribution in [-0.4, -0.2) is 10.5 Å². The Kier molecular flexibility index (Phi) is 4.16. The number of hydrogen-bond acceptors (Lipinski definition) is 2. The summed E-state index contributed by atoms with van der Waals surface area (Å²) < 4.78 is 29.3. The van der Waals surface area contributed by atoms with Crippen LogP contribution >= 0.6 is 0 Å². The van der Waals surface area contributed by atoms with E-state index in [1.807, 2.05) is 0 Å². The van der Waals surface area contributed by atoms with Gasteiger partial charge in [0.15, 0.2) is 5.43 Å². The average Bonchev–Trinajstić information content (AvgIpc) is 2.68. The molecule has 0 aliphatic carbocycles. The van der Waals surface area contributed by atoms with E-state index in [0.29, 0.717) is 21.8 Å². The second-order valence-corrected chi connectivity index (χ2v) is 6.09. The molecule has 0 atom stereocenters. The lowest BCUT2D eigenvalue weighted by Crippen LogP contribution is -2.22. The van der Waals surface area contributed by atoms with Gasteiger partial charge in [0.1, 0.15) is 23.9 Å². The molecule has 1 amide bonds. The van der Waals surface area contributed by atoms with E-state index >= 15 is 0 Å². The van der Waals surface area contributed by atoms with Gasteiger partial charge in [-0.15, -0.1) is 0 Å². The normalized spacial score (nSPS) is 11.0. The van der Waals surface area contributed by atoms with Crippen LogP contribution in [0.2, 0.25) is 0 Å². The van der Waals surface area contributed by atoms with Crippen molar-refractivity contribution >= 4 is 33.4 Å². The summed E-state index contributed by atoms with van der Waals surface area (Å²) in [6.45, 7) is -0.199. The zero-order chi connectivity index (χ0) is 19.0. The molecule has 0 spiro atoms. The summed E-state index contributed by atoms with van der Waals surface area (Å²) in [5, 5.41) is 3.23. The molecule has 6 heteroatoms. The van der Waals surface area contributed by atoms with Gasteiger partial charge in [0, 0.05) is 10.8 Å². The third-order valence-electron chi connectivity index (χ3n) is 4.41. The standard InChI is InChI=1S/C21H14F2N2O2/c22-15-8-5-9-16(23)20(15)24-19(26)12-25-17-10-3-1-6-13(17)21(27)14-7-2-4-11-18(14)25/h1-11H,12H2,(H,24,26).